The van der Waals surface area contributed by atoms with Gasteiger partial charge in [-0.1, -0.05) is 0 Å². The van der Waals surface area contributed by atoms with Gasteiger partial charge in [-0.2, -0.15) is 0 Å². The molecule has 1 aliphatic rings. The van der Waals surface area contributed by atoms with E-state index in [1.165, 1.54) is 18.5 Å². The quantitative estimate of drug-likeness (QED) is 0.733. The van der Waals surface area contributed by atoms with Gasteiger partial charge in [0.15, 0.2) is 17.5 Å². The fraction of sp³-hybridized carbons (Fsp3) is 0.316. The van der Waals surface area contributed by atoms with Gasteiger partial charge in [-0.3, -0.25) is 4.98 Å². The molecule has 140 valence electrons. The average Bonchev–Trinajstić information content (AvgIpc) is 2.68. The van der Waals surface area contributed by atoms with Gasteiger partial charge in [-0.25, -0.2) is 23.1 Å². The van der Waals surface area contributed by atoms with Crippen molar-refractivity contribution in [3.63, 3.8) is 0 Å². The van der Waals surface area contributed by atoms with Crippen molar-refractivity contribution in [3.8, 4) is 11.3 Å². The van der Waals surface area contributed by atoms with Crippen molar-refractivity contribution in [3.05, 3.63) is 48.3 Å². The summed E-state index contributed by atoms with van der Waals surface area (Å²) in [6, 6.07) is 5.21. The fourth-order valence-corrected chi connectivity index (χ4v) is 3.22. The molecule has 1 unspecified atom stereocenters. The van der Waals surface area contributed by atoms with Crippen LogP contribution in [0.15, 0.2) is 36.7 Å². The molecule has 0 amide bonds. The van der Waals surface area contributed by atoms with Gasteiger partial charge in [-0.05, 0) is 43.7 Å². The second-order valence-corrected chi connectivity index (χ2v) is 6.69. The number of aromatic nitrogens is 3. The summed E-state index contributed by atoms with van der Waals surface area (Å²) in [4.78, 5) is 13.0. The topological polar surface area (TPSA) is 62.7 Å². The lowest BCUT2D eigenvalue weighted by Gasteiger charge is -2.30. The van der Waals surface area contributed by atoms with Crippen molar-refractivity contribution in [2.75, 3.05) is 25.0 Å². The highest BCUT2D eigenvalue weighted by molar-refractivity contribution is 5.88. The number of hydrogen-bond acceptors (Lipinski definition) is 5. The number of benzene rings is 1. The van der Waals surface area contributed by atoms with Gasteiger partial charge in [0.25, 0.3) is 0 Å². The smallest absolute Gasteiger partial charge is 0.159 e. The van der Waals surface area contributed by atoms with E-state index >= 15 is 0 Å². The third-order valence-electron chi connectivity index (χ3n) is 4.66. The Labute approximate surface area is 154 Å². The Hall–Kier alpha value is -2.74. The maximum absolute atomic E-state index is 14.9. The maximum atomic E-state index is 14.9. The molecule has 0 radical (unpaired) electrons. The molecule has 3 heterocycles. The fourth-order valence-electron chi connectivity index (χ4n) is 3.22. The maximum Gasteiger partial charge on any atom is 0.159 e. The lowest BCUT2D eigenvalue weighted by atomic mass is 9.96. The summed E-state index contributed by atoms with van der Waals surface area (Å²) in [6.45, 7) is 1.15. The molecule has 0 spiro atoms. The van der Waals surface area contributed by atoms with Crippen molar-refractivity contribution in [2.45, 2.75) is 18.5 Å². The van der Waals surface area contributed by atoms with E-state index < -0.39 is 17.3 Å². The van der Waals surface area contributed by atoms with Crippen LogP contribution in [0.4, 0.5) is 19.0 Å². The molecule has 8 heteroatoms. The van der Waals surface area contributed by atoms with Crippen LogP contribution in [0, 0.1) is 11.6 Å². The molecule has 1 aliphatic heterocycles. The Kier molecular flexibility index (Phi) is 4.65. The standard InChI is InChI=1S/C19H18F3N5/c20-13-3-2-12(8-14(13)21)15-9-16-17(25-7-6-24-16)18(27-15)26-11-19(22)4-1-5-23-10-19/h2-3,6-9,23H,1,4-5,10-11H2,(H,26,27). The first-order chi connectivity index (χ1) is 13.0. The van der Waals surface area contributed by atoms with E-state index in [2.05, 4.69) is 25.6 Å². The Bertz CT molecular complexity index is 973. The Balaban J connectivity index is 1.71. The molecular weight excluding hydrogens is 355 g/mol. The molecule has 1 aromatic carbocycles. The molecule has 3 aromatic rings. The molecular formula is C19H18F3N5. The number of nitrogens with zero attached hydrogens (tertiary/aromatic N) is 3. The van der Waals surface area contributed by atoms with Gasteiger partial charge in [0.05, 0.1) is 17.8 Å². The highest BCUT2D eigenvalue weighted by atomic mass is 19.2. The highest BCUT2D eigenvalue weighted by Crippen LogP contribution is 2.28. The minimum atomic E-state index is -1.38. The number of pyridine rings is 1. The summed E-state index contributed by atoms with van der Waals surface area (Å²) in [5.74, 6) is -1.52. The normalized spacial score (nSPS) is 20.0. The number of nitrogens with one attached hydrogen (secondary N) is 2. The number of halogens is 3. The largest absolute Gasteiger partial charge is 0.365 e. The third-order valence-corrected chi connectivity index (χ3v) is 4.66. The summed E-state index contributed by atoms with van der Waals surface area (Å²) in [5, 5.41) is 6.09. The molecule has 0 bridgehead atoms. The number of alkyl halides is 1. The number of hydrogen-bond donors (Lipinski definition) is 2. The first-order valence-electron chi connectivity index (χ1n) is 8.75. The zero-order valence-corrected chi connectivity index (χ0v) is 14.5. The van der Waals surface area contributed by atoms with Crippen LogP contribution < -0.4 is 10.6 Å². The van der Waals surface area contributed by atoms with Crippen LogP contribution in [0.25, 0.3) is 22.3 Å². The molecule has 4 rings (SSSR count). The van der Waals surface area contributed by atoms with Crippen molar-refractivity contribution in [2.24, 2.45) is 0 Å². The molecule has 5 nitrogen and oxygen atoms in total. The van der Waals surface area contributed by atoms with Gasteiger partial charge in [0.2, 0.25) is 0 Å². The van der Waals surface area contributed by atoms with Crippen molar-refractivity contribution in [1.29, 1.82) is 0 Å². The molecule has 0 aliphatic carbocycles. The number of piperidine rings is 1. The second-order valence-electron chi connectivity index (χ2n) is 6.69. The summed E-state index contributed by atoms with van der Waals surface area (Å²) >= 11 is 0. The van der Waals surface area contributed by atoms with Crippen LogP contribution in [0.3, 0.4) is 0 Å². The zero-order chi connectivity index (χ0) is 18.9. The number of fused-ring (bicyclic) bond motifs is 1. The van der Waals surface area contributed by atoms with Gasteiger partial charge in [0.1, 0.15) is 11.2 Å². The minimum absolute atomic E-state index is 0.0694. The van der Waals surface area contributed by atoms with Crippen molar-refractivity contribution in [1.82, 2.24) is 20.3 Å². The first-order valence-corrected chi connectivity index (χ1v) is 8.75. The molecule has 1 saturated heterocycles. The zero-order valence-electron chi connectivity index (χ0n) is 14.5. The lowest BCUT2D eigenvalue weighted by molar-refractivity contribution is 0.137. The predicted octanol–water partition coefficient (Wildman–Crippen LogP) is 3.47. The van der Waals surface area contributed by atoms with E-state index in [4.69, 9.17) is 0 Å². The van der Waals surface area contributed by atoms with Crippen LogP contribution in [0.5, 0.6) is 0 Å². The number of rotatable bonds is 4. The van der Waals surface area contributed by atoms with Gasteiger partial charge >= 0.3 is 0 Å². The van der Waals surface area contributed by atoms with Crippen LogP contribution >= 0.6 is 0 Å². The van der Waals surface area contributed by atoms with Crippen LogP contribution in [0.2, 0.25) is 0 Å². The van der Waals surface area contributed by atoms with E-state index in [1.54, 1.807) is 6.07 Å². The SMILES string of the molecule is Fc1ccc(-c2cc3nccnc3c(NCC3(F)CCCNC3)n2)cc1F. The highest BCUT2D eigenvalue weighted by Gasteiger charge is 2.31. The second kappa shape index (κ2) is 7.11. The van der Waals surface area contributed by atoms with Crippen LogP contribution in [0.1, 0.15) is 12.8 Å². The monoisotopic (exact) mass is 373 g/mol. The third kappa shape index (κ3) is 3.71. The van der Waals surface area contributed by atoms with Crippen molar-refractivity contribution >= 4 is 16.9 Å². The Morgan fingerprint density at radius 1 is 1.11 bits per heavy atom. The average molecular weight is 373 g/mol. The molecule has 27 heavy (non-hydrogen) atoms. The molecule has 1 fully saturated rings. The lowest BCUT2D eigenvalue weighted by Crippen LogP contribution is -2.46. The Morgan fingerprint density at radius 3 is 2.74 bits per heavy atom. The molecule has 1 atom stereocenters. The first kappa shape index (κ1) is 17.7. The van der Waals surface area contributed by atoms with Gasteiger partial charge in [0, 0.05) is 24.5 Å². The molecule has 2 aromatic heterocycles. The van der Waals surface area contributed by atoms with E-state index in [0.717, 1.165) is 25.1 Å². The molecule has 2 N–H and O–H groups in total. The van der Waals surface area contributed by atoms with E-state index in [-0.39, 0.29) is 13.1 Å². The van der Waals surface area contributed by atoms with Crippen molar-refractivity contribution < 1.29 is 13.2 Å². The van der Waals surface area contributed by atoms with E-state index in [0.29, 0.717) is 34.5 Å². The Morgan fingerprint density at radius 2 is 1.96 bits per heavy atom. The van der Waals surface area contributed by atoms with E-state index in [1.807, 2.05) is 0 Å². The summed E-state index contributed by atoms with van der Waals surface area (Å²) in [5.41, 5.74) is 0.449. The van der Waals surface area contributed by atoms with E-state index in [9.17, 15) is 13.2 Å². The van der Waals surface area contributed by atoms with Gasteiger partial charge < -0.3 is 10.6 Å². The summed E-state index contributed by atoms with van der Waals surface area (Å²) in [6.07, 6.45) is 4.28. The summed E-state index contributed by atoms with van der Waals surface area (Å²) < 4.78 is 41.8. The van der Waals surface area contributed by atoms with Crippen LogP contribution in [-0.4, -0.2) is 40.3 Å². The summed E-state index contributed by atoms with van der Waals surface area (Å²) in [7, 11) is 0. The van der Waals surface area contributed by atoms with Gasteiger partial charge in [-0.15, -0.1) is 0 Å². The molecule has 0 saturated carbocycles. The minimum Gasteiger partial charge on any atom is -0.365 e. The number of anilines is 1. The predicted molar refractivity (Wildman–Crippen MR) is 97.1 cm³/mol. The van der Waals surface area contributed by atoms with Crippen LogP contribution in [-0.2, 0) is 0 Å².